The number of ketones is 1. The van der Waals surface area contributed by atoms with Gasteiger partial charge < -0.3 is 14.2 Å². The highest BCUT2D eigenvalue weighted by molar-refractivity contribution is 6.33. The average Bonchev–Trinajstić information content (AvgIpc) is 3.33. The molecule has 1 fully saturated rings. The van der Waals surface area contributed by atoms with E-state index in [-0.39, 0.29) is 11.7 Å². The highest BCUT2D eigenvalue weighted by Gasteiger charge is 2.25. The van der Waals surface area contributed by atoms with Crippen molar-refractivity contribution in [1.82, 2.24) is 9.80 Å². The van der Waals surface area contributed by atoms with Crippen LogP contribution in [0, 0.1) is 0 Å². The summed E-state index contributed by atoms with van der Waals surface area (Å²) in [7, 11) is 2.09. The molecule has 0 saturated carbocycles. The molecule has 2 heterocycles. The topological polar surface area (TPSA) is 53.8 Å². The van der Waals surface area contributed by atoms with E-state index in [9.17, 15) is 9.59 Å². The fourth-order valence-electron chi connectivity index (χ4n) is 4.50. The number of rotatable bonds is 3. The fourth-order valence-corrected chi connectivity index (χ4v) is 4.67. The van der Waals surface area contributed by atoms with E-state index in [2.05, 4.69) is 11.9 Å². The first-order valence-electron chi connectivity index (χ1n) is 11.2. The number of fused-ring (bicyclic) bond motifs is 1. The van der Waals surface area contributed by atoms with Crippen LogP contribution in [0.2, 0.25) is 5.02 Å². The van der Waals surface area contributed by atoms with Crippen molar-refractivity contribution >= 4 is 34.9 Å². The van der Waals surface area contributed by atoms with Gasteiger partial charge in [-0.1, -0.05) is 29.8 Å². The molecule has 0 radical (unpaired) electrons. The van der Waals surface area contributed by atoms with Gasteiger partial charge in [0.1, 0.15) is 11.5 Å². The molecular weight excluding hydrogens is 436 g/mol. The van der Waals surface area contributed by atoms with Gasteiger partial charge in [-0.2, -0.15) is 0 Å². The zero-order valence-electron chi connectivity index (χ0n) is 18.5. The molecule has 0 spiro atoms. The molecular formula is C27H25ClN2O3. The van der Waals surface area contributed by atoms with Crippen molar-refractivity contribution in [3.05, 3.63) is 82.1 Å². The Morgan fingerprint density at radius 1 is 1.03 bits per heavy atom. The van der Waals surface area contributed by atoms with Crippen LogP contribution in [0.5, 0.6) is 0 Å². The first-order chi connectivity index (χ1) is 16.0. The van der Waals surface area contributed by atoms with Crippen molar-refractivity contribution in [2.24, 2.45) is 0 Å². The van der Waals surface area contributed by atoms with Gasteiger partial charge in [0.15, 0.2) is 5.78 Å². The van der Waals surface area contributed by atoms with Crippen LogP contribution in [0.15, 0.2) is 59.0 Å². The fraction of sp³-hybridized carbons (Fsp3) is 0.259. The molecule has 1 aromatic heterocycles. The summed E-state index contributed by atoms with van der Waals surface area (Å²) in [5, 5.41) is 0.604. The number of Topliss-reactive ketones (excluding diaryl/α,β-unsaturated/α-hetero) is 1. The SMILES string of the molecule is CN1CCCN(C(=O)c2cccc(-c3ccc(/C=C4/C(=O)Cc5ccc(Cl)cc54)o3)c2)CC1. The number of amides is 1. The number of halogens is 1. The van der Waals surface area contributed by atoms with Gasteiger partial charge in [0.25, 0.3) is 5.91 Å². The van der Waals surface area contributed by atoms with Gasteiger partial charge in [0, 0.05) is 47.8 Å². The Hall–Kier alpha value is -3.15. The predicted molar refractivity (Wildman–Crippen MR) is 130 cm³/mol. The molecule has 168 valence electrons. The van der Waals surface area contributed by atoms with Crippen LogP contribution in [-0.2, 0) is 11.2 Å². The Morgan fingerprint density at radius 3 is 2.79 bits per heavy atom. The highest BCUT2D eigenvalue weighted by atomic mass is 35.5. The molecule has 6 heteroatoms. The number of likely N-dealkylation sites (N-methyl/N-ethyl adjacent to an activating group) is 1. The third-order valence-corrected chi connectivity index (χ3v) is 6.56. The zero-order valence-corrected chi connectivity index (χ0v) is 19.3. The van der Waals surface area contributed by atoms with Crippen LogP contribution in [0.25, 0.3) is 23.0 Å². The van der Waals surface area contributed by atoms with E-state index in [4.69, 9.17) is 16.0 Å². The Balaban J connectivity index is 1.39. The average molecular weight is 461 g/mol. The smallest absolute Gasteiger partial charge is 0.253 e. The van der Waals surface area contributed by atoms with E-state index in [1.165, 1.54) is 0 Å². The molecule has 0 unspecified atom stereocenters. The quantitative estimate of drug-likeness (QED) is 0.513. The number of carbonyl (C=O) groups excluding carboxylic acids is 2. The maximum Gasteiger partial charge on any atom is 0.253 e. The van der Waals surface area contributed by atoms with Gasteiger partial charge in [-0.3, -0.25) is 9.59 Å². The standard InChI is InChI=1S/C27H25ClN2O3/c1-29-10-3-11-30(13-12-29)27(32)20-5-2-4-19(14-20)26-9-8-22(33-26)17-24-23-16-21(28)7-6-18(23)15-25(24)31/h2,4-9,14,16-17H,3,10-13,15H2,1H3/b24-17+. The molecule has 2 aromatic carbocycles. The summed E-state index contributed by atoms with van der Waals surface area (Å²) in [6.45, 7) is 3.39. The maximum absolute atomic E-state index is 13.1. The summed E-state index contributed by atoms with van der Waals surface area (Å²) in [6, 6.07) is 16.8. The van der Waals surface area contributed by atoms with E-state index in [1.807, 2.05) is 53.4 Å². The first kappa shape index (κ1) is 21.7. The third kappa shape index (κ3) is 4.52. The zero-order chi connectivity index (χ0) is 22.9. The van der Waals surface area contributed by atoms with Crippen molar-refractivity contribution in [3.63, 3.8) is 0 Å². The third-order valence-electron chi connectivity index (χ3n) is 6.33. The molecule has 0 N–H and O–H groups in total. The Bertz CT molecular complexity index is 1260. The summed E-state index contributed by atoms with van der Waals surface area (Å²) in [6.07, 6.45) is 3.13. The van der Waals surface area contributed by atoms with Crippen molar-refractivity contribution in [2.45, 2.75) is 12.8 Å². The number of hydrogen-bond donors (Lipinski definition) is 0. The lowest BCUT2D eigenvalue weighted by Crippen LogP contribution is -2.34. The molecule has 3 aromatic rings. The lowest BCUT2D eigenvalue weighted by atomic mass is 10.1. The second kappa shape index (κ2) is 9.00. The van der Waals surface area contributed by atoms with Crippen LogP contribution in [0.3, 0.4) is 0 Å². The second-order valence-electron chi connectivity index (χ2n) is 8.69. The molecule has 1 aliphatic carbocycles. The number of hydrogen-bond acceptors (Lipinski definition) is 4. The summed E-state index contributed by atoms with van der Waals surface area (Å²) in [4.78, 5) is 29.8. The summed E-state index contributed by atoms with van der Waals surface area (Å²) in [5.74, 6) is 1.35. The minimum atomic E-state index is 0.0473. The van der Waals surface area contributed by atoms with Gasteiger partial charge >= 0.3 is 0 Å². The van der Waals surface area contributed by atoms with Crippen molar-refractivity contribution in [2.75, 3.05) is 33.2 Å². The van der Waals surface area contributed by atoms with Crippen molar-refractivity contribution < 1.29 is 14.0 Å². The maximum atomic E-state index is 13.1. The van der Waals surface area contributed by atoms with Gasteiger partial charge in [-0.15, -0.1) is 0 Å². The predicted octanol–water partition coefficient (Wildman–Crippen LogP) is 5.04. The van der Waals surface area contributed by atoms with Crippen LogP contribution < -0.4 is 0 Å². The number of nitrogens with zero attached hydrogens (tertiary/aromatic N) is 2. The molecule has 1 amide bonds. The van der Waals surface area contributed by atoms with Crippen molar-refractivity contribution in [1.29, 1.82) is 0 Å². The molecule has 33 heavy (non-hydrogen) atoms. The number of benzene rings is 2. The normalized spacial score (nSPS) is 17.9. The lowest BCUT2D eigenvalue weighted by molar-refractivity contribution is -0.112. The Morgan fingerprint density at radius 2 is 1.91 bits per heavy atom. The Kier molecular flexibility index (Phi) is 5.92. The second-order valence-corrected chi connectivity index (χ2v) is 9.13. The lowest BCUT2D eigenvalue weighted by Gasteiger charge is -2.20. The molecule has 2 aliphatic rings. The molecule has 0 atom stereocenters. The molecule has 1 aliphatic heterocycles. The molecule has 0 bridgehead atoms. The van der Waals surface area contributed by atoms with Crippen molar-refractivity contribution in [3.8, 4) is 11.3 Å². The van der Waals surface area contributed by atoms with E-state index in [0.717, 1.165) is 49.3 Å². The molecule has 5 rings (SSSR count). The van der Waals surface area contributed by atoms with Gasteiger partial charge in [-0.05, 0) is 73.6 Å². The molecule has 5 nitrogen and oxygen atoms in total. The summed E-state index contributed by atoms with van der Waals surface area (Å²) in [5.41, 5.74) is 3.94. The molecule has 1 saturated heterocycles. The first-order valence-corrected chi connectivity index (χ1v) is 11.6. The number of allylic oxidation sites excluding steroid dienone is 1. The Labute approximate surface area is 198 Å². The van der Waals surface area contributed by atoms with E-state index in [1.54, 1.807) is 12.1 Å². The van der Waals surface area contributed by atoms with E-state index < -0.39 is 0 Å². The van der Waals surface area contributed by atoms with E-state index >= 15 is 0 Å². The van der Waals surface area contributed by atoms with Gasteiger partial charge in [0.05, 0.1) is 0 Å². The van der Waals surface area contributed by atoms with Gasteiger partial charge in [0.2, 0.25) is 0 Å². The summed E-state index contributed by atoms with van der Waals surface area (Å²) < 4.78 is 6.05. The van der Waals surface area contributed by atoms with E-state index in [0.29, 0.717) is 34.1 Å². The number of furan rings is 1. The van der Waals surface area contributed by atoms with Crippen LogP contribution in [0.1, 0.15) is 33.7 Å². The van der Waals surface area contributed by atoms with Crippen LogP contribution >= 0.6 is 11.6 Å². The minimum Gasteiger partial charge on any atom is -0.457 e. The highest BCUT2D eigenvalue weighted by Crippen LogP contribution is 2.34. The monoisotopic (exact) mass is 460 g/mol. The van der Waals surface area contributed by atoms with Crippen LogP contribution in [-0.4, -0.2) is 54.7 Å². The van der Waals surface area contributed by atoms with Gasteiger partial charge in [-0.25, -0.2) is 0 Å². The summed E-state index contributed by atoms with van der Waals surface area (Å²) >= 11 is 6.14. The number of carbonyl (C=O) groups is 2. The minimum absolute atomic E-state index is 0.0473. The largest absolute Gasteiger partial charge is 0.457 e. The van der Waals surface area contributed by atoms with Crippen LogP contribution in [0.4, 0.5) is 0 Å².